The van der Waals surface area contributed by atoms with Gasteiger partial charge in [0, 0.05) is 86.5 Å². The predicted octanol–water partition coefficient (Wildman–Crippen LogP) is 4.66. The van der Waals surface area contributed by atoms with Crippen molar-refractivity contribution in [2.75, 3.05) is 58.6 Å². The number of fused-ring (bicyclic) bond motifs is 1. The molecule has 3 saturated heterocycles. The Bertz CT molecular complexity index is 1450. The van der Waals surface area contributed by atoms with Crippen LogP contribution in [0.4, 0.5) is 0 Å². The third-order valence-electron chi connectivity index (χ3n) is 10.5. The first-order chi connectivity index (χ1) is 21.7. The number of halogens is 1. The number of rotatable bonds is 11. The van der Waals surface area contributed by atoms with Gasteiger partial charge in [-0.1, -0.05) is 24.6 Å². The van der Waals surface area contributed by atoms with Gasteiger partial charge in [0.1, 0.15) is 0 Å². The van der Waals surface area contributed by atoms with Crippen LogP contribution in [0.1, 0.15) is 75.1 Å². The normalized spacial score (nSPS) is 22.8. The van der Waals surface area contributed by atoms with Crippen LogP contribution < -0.4 is 0 Å². The molecule has 0 aliphatic carbocycles. The van der Waals surface area contributed by atoms with Crippen molar-refractivity contribution in [2.45, 2.75) is 90.3 Å². The molecule has 1 aromatic heterocycles. The van der Waals surface area contributed by atoms with Gasteiger partial charge in [0.05, 0.1) is 11.9 Å². The van der Waals surface area contributed by atoms with Gasteiger partial charge in [-0.25, -0.2) is 8.42 Å². The number of nitrogens with zero attached hydrogens (tertiary/aromatic N) is 6. The summed E-state index contributed by atoms with van der Waals surface area (Å²) in [6, 6.07) is 6.62. The molecule has 0 spiro atoms. The second-order valence-corrected chi connectivity index (χ2v) is 16.3. The standard InChI is InChI=1S/C34H51ClN6O3S/c1-26-7-3-15-38(24-26)16-4-8-27-23-28(10-11-31(27)35)34-30-25-39(45(2,43)44)22-14-32(30)41(36-34)19-6-17-37-20-12-29(13-21-37)40-18-5-9-33(40)42/h10-11,23,26,29H,3-9,12-22,24-25H2,1-2H3. The Morgan fingerprint density at radius 2 is 1.73 bits per heavy atom. The highest BCUT2D eigenvalue weighted by atomic mass is 35.5. The fourth-order valence-electron chi connectivity index (χ4n) is 8.02. The average Bonchev–Trinajstić information content (AvgIpc) is 3.61. The van der Waals surface area contributed by atoms with E-state index in [1.54, 1.807) is 4.31 Å². The van der Waals surface area contributed by atoms with Crippen LogP contribution in [-0.4, -0.2) is 108 Å². The molecule has 1 amide bonds. The van der Waals surface area contributed by atoms with Crippen molar-refractivity contribution >= 4 is 27.5 Å². The number of aromatic nitrogens is 2. The van der Waals surface area contributed by atoms with Gasteiger partial charge < -0.3 is 14.7 Å². The Balaban J connectivity index is 1.13. The number of carbonyl (C=O) groups is 1. The van der Waals surface area contributed by atoms with Crippen molar-refractivity contribution < 1.29 is 13.2 Å². The number of sulfonamides is 1. The van der Waals surface area contributed by atoms with Crippen molar-refractivity contribution in [2.24, 2.45) is 5.92 Å². The van der Waals surface area contributed by atoms with Crippen LogP contribution in [0, 0.1) is 5.92 Å². The van der Waals surface area contributed by atoms with Crippen LogP contribution >= 0.6 is 11.6 Å². The van der Waals surface area contributed by atoms with E-state index in [-0.39, 0.29) is 0 Å². The lowest BCUT2D eigenvalue weighted by atomic mass is 9.98. The summed E-state index contributed by atoms with van der Waals surface area (Å²) in [6.45, 7) is 11.5. The Kier molecular flexibility index (Phi) is 10.6. The number of hydrogen-bond acceptors (Lipinski definition) is 6. The summed E-state index contributed by atoms with van der Waals surface area (Å²) >= 11 is 6.70. The van der Waals surface area contributed by atoms with Gasteiger partial charge in [-0.3, -0.25) is 9.48 Å². The first-order valence-electron chi connectivity index (χ1n) is 17.2. The van der Waals surface area contributed by atoms with E-state index in [0.717, 1.165) is 117 Å². The van der Waals surface area contributed by atoms with Crippen LogP contribution in [0.25, 0.3) is 11.3 Å². The molecule has 6 rings (SSSR count). The highest BCUT2D eigenvalue weighted by Crippen LogP contribution is 2.33. The molecule has 248 valence electrons. The first kappa shape index (κ1) is 32.9. The number of benzene rings is 1. The summed E-state index contributed by atoms with van der Waals surface area (Å²) in [4.78, 5) is 19.4. The fraction of sp³-hybridized carbons (Fsp3) is 0.706. The summed E-state index contributed by atoms with van der Waals surface area (Å²) in [6.07, 6.45) is 11.4. The molecule has 1 atom stereocenters. The lowest BCUT2D eigenvalue weighted by Crippen LogP contribution is -2.45. The maximum atomic E-state index is 12.5. The fourth-order valence-corrected chi connectivity index (χ4v) is 9.01. The van der Waals surface area contributed by atoms with Gasteiger partial charge in [-0.2, -0.15) is 9.40 Å². The summed E-state index contributed by atoms with van der Waals surface area (Å²) in [7, 11) is -3.31. The molecule has 0 radical (unpaired) electrons. The molecule has 1 unspecified atom stereocenters. The molecule has 1 aromatic carbocycles. The zero-order chi connectivity index (χ0) is 31.6. The van der Waals surface area contributed by atoms with E-state index < -0.39 is 10.0 Å². The Morgan fingerprint density at radius 3 is 2.47 bits per heavy atom. The van der Waals surface area contributed by atoms with Crippen LogP contribution in [0.2, 0.25) is 5.02 Å². The van der Waals surface area contributed by atoms with Crippen LogP contribution in [0.5, 0.6) is 0 Å². The molecule has 4 aliphatic rings. The van der Waals surface area contributed by atoms with E-state index in [0.29, 0.717) is 37.9 Å². The molecule has 0 N–H and O–H groups in total. The molecule has 0 bridgehead atoms. The molecule has 3 fully saturated rings. The van der Waals surface area contributed by atoms with Gasteiger partial charge in [0.2, 0.25) is 15.9 Å². The third-order valence-corrected chi connectivity index (χ3v) is 12.1. The topological polar surface area (TPSA) is 82.0 Å². The number of carbonyl (C=O) groups excluding carboxylic acids is 1. The first-order valence-corrected chi connectivity index (χ1v) is 19.4. The Labute approximate surface area is 274 Å². The van der Waals surface area contributed by atoms with Gasteiger partial charge >= 0.3 is 0 Å². The minimum atomic E-state index is -3.31. The van der Waals surface area contributed by atoms with Gasteiger partial charge in [0.15, 0.2) is 0 Å². The highest BCUT2D eigenvalue weighted by Gasteiger charge is 2.32. The summed E-state index contributed by atoms with van der Waals surface area (Å²) in [5, 5.41) is 5.93. The number of piperidine rings is 2. The monoisotopic (exact) mass is 658 g/mol. The zero-order valence-corrected chi connectivity index (χ0v) is 28.8. The van der Waals surface area contributed by atoms with E-state index in [1.807, 2.05) is 12.1 Å². The molecule has 0 saturated carbocycles. The van der Waals surface area contributed by atoms with E-state index >= 15 is 0 Å². The number of amides is 1. The van der Waals surface area contributed by atoms with E-state index in [4.69, 9.17) is 16.7 Å². The molecule has 9 nitrogen and oxygen atoms in total. The molecule has 5 heterocycles. The predicted molar refractivity (Wildman–Crippen MR) is 180 cm³/mol. The lowest BCUT2D eigenvalue weighted by Gasteiger charge is -2.36. The van der Waals surface area contributed by atoms with Crippen molar-refractivity contribution in [3.05, 3.63) is 40.0 Å². The molecule has 2 aromatic rings. The zero-order valence-electron chi connectivity index (χ0n) is 27.2. The maximum Gasteiger partial charge on any atom is 0.222 e. The minimum absolute atomic E-state index is 0.335. The smallest absolute Gasteiger partial charge is 0.222 e. The lowest BCUT2D eigenvalue weighted by molar-refractivity contribution is -0.130. The van der Waals surface area contributed by atoms with Crippen LogP contribution in [0.3, 0.4) is 0 Å². The molecular formula is C34H51ClN6O3S. The van der Waals surface area contributed by atoms with Gasteiger partial charge in [-0.15, -0.1) is 0 Å². The van der Waals surface area contributed by atoms with E-state index in [1.165, 1.54) is 32.2 Å². The molecule has 4 aliphatic heterocycles. The van der Waals surface area contributed by atoms with E-state index in [2.05, 4.69) is 32.4 Å². The van der Waals surface area contributed by atoms with Crippen molar-refractivity contribution in [3.63, 3.8) is 0 Å². The van der Waals surface area contributed by atoms with Crippen molar-refractivity contribution in [3.8, 4) is 11.3 Å². The third kappa shape index (κ3) is 7.95. The highest BCUT2D eigenvalue weighted by molar-refractivity contribution is 7.88. The van der Waals surface area contributed by atoms with E-state index in [9.17, 15) is 13.2 Å². The van der Waals surface area contributed by atoms with Gasteiger partial charge in [-0.05, 0) is 94.6 Å². The van der Waals surface area contributed by atoms with Crippen LogP contribution in [0.15, 0.2) is 18.2 Å². The number of aryl methyl sites for hydroxylation is 2. The quantitative estimate of drug-likeness (QED) is 0.349. The van der Waals surface area contributed by atoms with Crippen molar-refractivity contribution in [1.29, 1.82) is 0 Å². The summed E-state index contributed by atoms with van der Waals surface area (Å²) < 4.78 is 28.8. The SMILES string of the molecule is CC1CCCN(CCCc2cc(-c3nn(CCCN4CCC(N5CCCC5=O)CC4)c4c3CN(S(C)(=O)=O)CC4)ccc2Cl)C1. The number of likely N-dealkylation sites (tertiary alicyclic amines) is 3. The summed E-state index contributed by atoms with van der Waals surface area (Å²) in [5.74, 6) is 1.11. The molecular weight excluding hydrogens is 608 g/mol. The molecule has 45 heavy (non-hydrogen) atoms. The van der Waals surface area contributed by atoms with Crippen LogP contribution in [-0.2, 0) is 40.7 Å². The second kappa shape index (κ2) is 14.4. The largest absolute Gasteiger partial charge is 0.340 e. The maximum absolute atomic E-state index is 12.5. The Hall–Kier alpha value is -1.98. The second-order valence-electron chi connectivity index (χ2n) is 13.9. The average molecular weight is 659 g/mol. The number of hydrogen-bond donors (Lipinski definition) is 0. The van der Waals surface area contributed by atoms with Gasteiger partial charge in [0.25, 0.3) is 0 Å². The Morgan fingerprint density at radius 1 is 0.933 bits per heavy atom. The minimum Gasteiger partial charge on any atom is -0.340 e. The molecule has 11 heteroatoms. The van der Waals surface area contributed by atoms with Crippen molar-refractivity contribution in [1.82, 2.24) is 28.8 Å². The summed E-state index contributed by atoms with van der Waals surface area (Å²) in [5.41, 5.74) is 5.23.